The average molecular weight is 310 g/mol. The second kappa shape index (κ2) is 5.36. The maximum atomic E-state index is 2.45. The Morgan fingerprint density at radius 1 is 1.05 bits per heavy atom. The van der Waals surface area contributed by atoms with Crippen LogP contribution in [-0.4, -0.2) is 5.75 Å². The number of benzene rings is 2. The van der Waals surface area contributed by atoms with Crippen molar-refractivity contribution in [1.29, 1.82) is 0 Å². The molecule has 0 saturated heterocycles. The normalized spacial score (nSPS) is 18.2. The predicted octanol–water partition coefficient (Wildman–Crippen LogP) is 5.80. The highest BCUT2D eigenvalue weighted by molar-refractivity contribution is 8.20. The van der Waals surface area contributed by atoms with E-state index in [0.717, 1.165) is 0 Å². The number of hydrogen-bond donors (Lipinski definition) is 1. The number of hydrogen-bond acceptors (Lipinski definition) is 1. The molecule has 0 fully saturated rings. The zero-order valence-electron chi connectivity index (χ0n) is 12.0. The summed E-state index contributed by atoms with van der Waals surface area (Å²) in [5.41, 5.74) is 4.40. The van der Waals surface area contributed by atoms with Gasteiger partial charge in [-0.1, -0.05) is 30.3 Å². The Balaban J connectivity index is 1.60. The second-order valence-corrected chi connectivity index (χ2v) is 8.60. The molecule has 0 amide bonds. The molecule has 21 heavy (non-hydrogen) atoms. The van der Waals surface area contributed by atoms with Gasteiger partial charge in [-0.3, -0.25) is 0 Å². The minimum Gasteiger partial charge on any atom is -0.206 e. The molecule has 106 valence electrons. The third-order valence-corrected chi connectivity index (χ3v) is 7.48. The fourth-order valence-corrected chi connectivity index (χ4v) is 6.34. The topological polar surface area (TPSA) is 0 Å². The van der Waals surface area contributed by atoms with E-state index in [1.165, 1.54) is 39.0 Å². The summed E-state index contributed by atoms with van der Waals surface area (Å²) in [6.07, 6.45) is 3.50. The van der Waals surface area contributed by atoms with E-state index in [4.69, 9.17) is 0 Å². The van der Waals surface area contributed by atoms with Gasteiger partial charge in [0.15, 0.2) is 0 Å². The van der Waals surface area contributed by atoms with Gasteiger partial charge in [0.05, 0.1) is 0 Å². The van der Waals surface area contributed by atoms with Gasteiger partial charge in [0.25, 0.3) is 0 Å². The molecule has 0 aliphatic carbocycles. The molecular weight excluding hydrogens is 292 g/mol. The Morgan fingerprint density at radius 3 is 2.90 bits per heavy atom. The van der Waals surface area contributed by atoms with Crippen LogP contribution in [-0.2, 0) is 6.42 Å². The predicted molar refractivity (Wildman–Crippen MR) is 97.9 cm³/mol. The lowest BCUT2D eigenvalue weighted by molar-refractivity contribution is 1.16. The monoisotopic (exact) mass is 310 g/mol. The van der Waals surface area contributed by atoms with Crippen LogP contribution < -0.4 is 0 Å². The summed E-state index contributed by atoms with van der Waals surface area (Å²) in [5.74, 6) is 1.26. The maximum Gasteiger partial charge on any atom is 0.0345 e. The highest BCUT2D eigenvalue weighted by Crippen LogP contribution is 2.48. The summed E-state index contributed by atoms with van der Waals surface area (Å²) in [6.45, 7) is 2.25. The summed E-state index contributed by atoms with van der Waals surface area (Å²) in [5, 5.41) is 6.10. The molecule has 0 spiro atoms. The zero-order chi connectivity index (χ0) is 14.2. The molecule has 1 unspecified atom stereocenters. The Labute approximate surface area is 132 Å². The highest BCUT2D eigenvalue weighted by Gasteiger charge is 2.16. The molecule has 1 aliphatic heterocycles. The van der Waals surface area contributed by atoms with Crippen molar-refractivity contribution < 1.29 is 0 Å². The van der Waals surface area contributed by atoms with E-state index in [-0.39, 0.29) is 10.9 Å². The lowest BCUT2D eigenvalue weighted by Gasteiger charge is -2.18. The summed E-state index contributed by atoms with van der Waals surface area (Å²) in [6, 6.07) is 15.7. The van der Waals surface area contributed by atoms with Crippen molar-refractivity contribution in [3.05, 3.63) is 69.9 Å². The van der Waals surface area contributed by atoms with Crippen molar-refractivity contribution in [3.8, 4) is 0 Å². The standard InChI is InChI=1S/C19H18S2/c1-14-4-2-6-16-10-13-21(19(14)16)12-9-15-5-3-7-18-17(15)8-11-20-18/h2-8,10-11,13,21H,9,12H2,1H3. The van der Waals surface area contributed by atoms with Crippen molar-refractivity contribution in [2.24, 2.45) is 0 Å². The second-order valence-electron chi connectivity index (χ2n) is 5.52. The molecule has 2 heterocycles. The summed E-state index contributed by atoms with van der Waals surface area (Å²) in [7, 11) is -0.124. The molecule has 0 radical (unpaired) electrons. The largest absolute Gasteiger partial charge is 0.206 e. The van der Waals surface area contributed by atoms with E-state index < -0.39 is 0 Å². The molecule has 2 heteroatoms. The van der Waals surface area contributed by atoms with Crippen molar-refractivity contribution >= 4 is 38.4 Å². The number of fused-ring (bicyclic) bond motifs is 2. The smallest absolute Gasteiger partial charge is 0.0345 e. The Hall–Kier alpha value is -1.51. The fourth-order valence-electron chi connectivity index (χ4n) is 3.16. The first-order valence-corrected chi connectivity index (χ1v) is 9.80. The number of thiophene rings is 1. The first kappa shape index (κ1) is 13.2. The molecule has 1 atom stereocenters. The van der Waals surface area contributed by atoms with E-state index in [9.17, 15) is 0 Å². The summed E-state index contributed by atoms with van der Waals surface area (Å²) >= 11 is 1.84. The molecule has 0 bridgehead atoms. The van der Waals surface area contributed by atoms with Gasteiger partial charge in [-0.15, -0.1) is 11.3 Å². The van der Waals surface area contributed by atoms with Crippen LogP contribution in [0, 0.1) is 6.92 Å². The van der Waals surface area contributed by atoms with Gasteiger partial charge in [-0.05, 0) is 70.2 Å². The van der Waals surface area contributed by atoms with Gasteiger partial charge in [0.1, 0.15) is 0 Å². The van der Waals surface area contributed by atoms with Crippen LogP contribution in [0.2, 0.25) is 0 Å². The summed E-state index contributed by atoms with van der Waals surface area (Å²) in [4.78, 5) is 1.60. The Bertz CT molecular complexity index is 826. The van der Waals surface area contributed by atoms with E-state index >= 15 is 0 Å². The van der Waals surface area contributed by atoms with Gasteiger partial charge < -0.3 is 0 Å². The molecule has 3 aromatic rings. The number of thiol groups is 1. The lowest BCUT2D eigenvalue weighted by atomic mass is 10.1. The van der Waals surface area contributed by atoms with Crippen molar-refractivity contribution in [1.82, 2.24) is 0 Å². The third kappa shape index (κ3) is 2.33. The molecule has 0 nitrogen and oxygen atoms in total. The number of aryl methyl sites for hydroxylation is 2. The molecule has 0 saturated carbocycles. The first-order valence-electron chi connectivity index (χ1n) is 7.32. The van der Waals surface area contributed by atoms with Gasteiger partial charge in [-0.2, -0.15) is 0 Å². The van der Waals surface area contributed by atoms with Crippen molar-refractivity contribution in [2.75, 3.05) is 5.75 Å². The van der Waals surface area contributed by atoms with Crippen LogP contribution in [0.1, 0.15) is 16.7 Å². The van der Waals surface area contributed by atoms with Crippen LogP contribution >= 0.6 is 22.2 Å². The minimum atomic E-state index is -0.124. The van der Waals surface area contributed by atoms with Crippen LogP contribution in [0.5, 0.6) is 0 Å². The van der Waals surface area contributed by atoms with Crippen molar-refractivity contribution in [3.63, 3.8) is 0 Å². The van der Waals surface area contributed by atoms with Gasteiger partial charge in [-0.25, -0.2) is 10.9 Å². The molecular formula is C19H18S2. The van der Waals surface area contributed by atoms with E-state index in [2.05, 4.69) is 66.3 Å². The van der Waals surface area contributed by atoms with E-state index in [0.29, 0.717) is 0 Å². The van der Waals surface area contributed by atoms with Crippen LogP contribution in [0.15, 0.2) is 58.1 Å². The summed E-state index contributed by atoms with van der Waals surface area (Å²) < 4.78 is 1.42. The maximum absolute atomic E-state index is 2.45. The SMILES string of the molecule is Cc1cccc2c1[SH](CCc1cccc3sccc13)C=C2. The van der Waals surface area contributed by atoms with Gasteiger partial charge in [0, 0.05) is 9.60 Å². The zero-order valence-corrected chi connectivity index (χ0v) is 13.8. The first-order chi connectivity index (χ1) is 10.3. The highest BCUT2D eigenvalue weighted by atomic mass is 32.2. The van der Waals surface area contributed by atoms with Crippen LogP contribution in [0.25, 0.3) is 16.2 Å². The minimum absolute atomic E-state index is 0.124. The quantitative estimate of drug-likeness (QED) is 0.581. The molecule has 1 aromatic heterocycles. The molecule has 2 aromatic carbocycles. The van der Waals surface area contributed by atoms with Crippen LogP contribution in [0.4, 0.5) is 0 Å². The Morgan fingerprint density at radius 2 is 1.95 bits per heavy atom. The van der Waals surface area contributed by atoms with Crippen molar-refractivity contribution in [2.45, 2.75) is 18.2 Å². The fraction of sp³-hybridized carbons (Fsp3) is 0.158. The Kier molecular flexibility index (Phi) is 3.36. The average Bonchev–Trinajstić information content (AvgIpc) is 3.12. The van der Waals surface area contributed by atoms with Gasteiger partial charge >= 0.3 is 0 Å². The van der Waals surface area contributed by atoms with E-state index in [1.54, 1.807) is 4.90 Å². The molecule has 4 rings (SSSR count). The van der Waals surface area contributed by atoms with E-state index in [1.807, 2.05) is 11.3 Å². The number of rotatable bonds is 3. The third-order valence-electron chi connectivity index (χ3n) is 4.20. The molecule has 1 aliphatic rings. The lowest BCUT2D eigenvalue weighted by Crippen LogP contribution is -1.95. The molecule has 0 N–H and O–H groups in total. The van der Waals surface area contributed by atoms with Crippen LogP contribution in [0.3, 0.4) is 0 Å². The van der Waals surface area contributed by atoms with Gasteiger partial charge in [0.2, 0.25) is 0 Å².